The number of aryl methyl sites for hydroxylation is 2. The summed E-state index contributed by atoms with van der Waals surface area (Å²) in [6, 6.07) is 9.62. The highest BCUT2D eigenvalue weighted by atomic mass is 32.2. The molecule has 2 aromatic carbocycles. The van der Waals surface area contributed by atoms with Gasteiger partial charge in [-0.05, 0) is 68.3 Å². The molecular weight excluding hydrogens is 392 g/mol. The molecule has 8 heteroatoms. The van der Waals surface area contributed by atoms with E-state index in [4.69, 9.17) is 9.47 Å². The molecule has 0 aromatic heterocycles. The van der Waals surface area contributed by atoms with Crippen molar-refractivity contribution < 1.29 is 22.7 Å². The molecule has 0 aliphatic carbocycles. The summed E-state index contributed by atoms with van der Waals surface area (Å²) in [5.41, 5.74) is 2.50. The summed E-state index contributed by atoms with van der Waals surface area (Å²) < 4.78 is 38.5. The number of anilines is 1. The topological polar surface area (TPSA) is 76.2 Å². The highest BCUT2D eigenvalue weighted by Gasteiger charge is 2.40. The zero-order valence-corrected chi connectivity index (χ0v) is 18.1. The summed E-state index contributed by atoms with van der Waals surface area (Å²) >= 11 is 0. The largest absolute Gasteiger partial charge is 0.497 e. The van der Waals surface area contributed by atoms with Gasteiger partial charge in [-0.1, -0.05) is 0 Å². The maximum Gasteiger partial charge on any atom is 0.247 e. The van der Waals surface area contributed by atoms with E-state index in [9.17, 15) is 13.2 Å². The number of benzene rings is 2. The van der Waals surface area contributed by atoms with E-state index in [0.717, 1.165) is 11.1 Å². The van der Waals surface area contributed by atoms with Gasteiger partial charge in [-0.3, -0.25) is 4.79 Å². The average Bonchev–Trinajstić information content (AvgIpc) is 2.71. The fourth-order valence-electron chi connectivity index (χ4n) is 3.45. The van der Waals surface area contributed by atoms with Crippen LogP contribution in [0.1, 0.15) is 18.1 Å². The number of methoxy groups -OCH3 is 2. The predicted molar refractivity (Wildman–Crippen MR) is 111 cm³/mol. The Morgan fingerprint density at radius 1 is 0.966 bits per heavy atom. The first-order chi connectivity index (χ1) is 13.7. The van der Waals surface area contributed by atoms with E-state index in [1.54, 1.807) is 55.3 Å². The summed E-state index contributed by atoms with van der Waals surface area (Å²) in [5.74, 6) is 0.704. The van der Waals surface area contributed by atoms with E-state index in [2.05, 4.69) is 0 Å². The molecule has 29 heavy (non-hydrogen) atoms. The van der Waals surface area contributed by atoms with Gasteiger partial charge in [-0.25, -0.2) is 8.42 Å². The number of carbonyl (C=O) groups excluding carboxylic acids is 1. The lowest BCUT2D eigenvalue weighted by atomic mass is 10.1. The van der Waals surface area contributed by atoms with Crippen LogP contribution in [-0.2, 0) is 14.8 Å². The minimum Gasteiger partial charge on any atom is -0.497 e. The number of sulfonamides is 1. The molecule has 0 saturated carbocycles. The Morgan fingerprint density at radius 3 is 2.17 bits per heavy atom. The summed E-state index contributed by atoms with van der Waals surface area (Å²) in [7, 11) is -0.882. The van der Waals surface area contributed by atoms with Crippen molar-refractivity contribution >= 4 is 21.6 Å². The van der Waals surface area contributed by atoms with Crippen LogP contribution in [0, 0.1) is 13.8 Å². The maximum atomic E-state index is 13.4. The third kappa shape index (κ3) is 3.82. The Kier molecular flexibility index (Phi) is 5.86. The minimum atomic E-state index is -3.90. The number of hydrogen-bond acceptors (Lipinski definition) is 5. The molecule has 2 aromatic rings. The van der Waals surface area contributed by atoms with Crippen molar-refractivity contribution in [1.82, 2.24) is 4.31 Å². The van der Waals surface area contributed by atoms with Crippen LogP contribution in [0.5, 0.6) is 11.5 Å². The van der Waals surface area contributed by atoms with Crippen LogP contribution >= 0.6 is 0 Å². The van der Waals surface area contributed by atoms with Crippen LogP contribution < -0.4 is 14.4 Å². The lowest BCUT2D eigenvalue weighted by Crippen LogP contribution is -2.57. The van der Waals surface area contributed by atoms with E-state index < -0.39 is 16.1 Å². The lowest BCUT2D eigenvalue weighted by Gasteiger charge is -2.38. The van der Waals surface area contributed by atoms with Crippen molar-refractivity contribution in [1.29, 1.82) is 0 Å². The Morgan fingerprint density at radius 2 is 1.59 bits per heavy atom. The molecule has 1 aliphatic rings. The second-order valence-electron chi connectivity index (χ2n) is 7.07. The molecule has 7 nitrogen and oxygen atoms in total. The molecule has 0 N–H and O–H groups in total. The molecule has 1 heterocycles. The Hall–Kier alpha value is -2.58. The minimum absolute atomic E-state index is 0.0839. The van der Waals surface area contributed by atoms with Crippen molar-refractivity contribution in [2.45, 2.75) is 31.7 Å². The van der Waals surface area contributed by atoms with Crippen LogP contribution in [-0.4, -0.2) is 52.0 Å². The molecule has 1 fully saturated rings. The normalized spacial score (nSPS) is 18.0. The predicted octanol–water partition coefficient (Wildman–Crippen LogP) is 2.75. The van der Waals surface area contributed by atoms with Crippen molar-refractivity contribution in [2.75, 3.05) is 32.2 Å². The molecule has 0 bridgehead atoms. The van der Waals surface area contributed by atoms with Crippen LogP contribution in [0.3, 0.4) is 0 Å². The number of piperazine rings is 1. The lowest BCUT2D eigenvalue weighted by molar-refractivity contribution is -0.123. The van der Waals surface area contributed by atoms with Gasteiger partial charge in [0.2, 0.25) is 15.9 Å². The fraction of sp³-hybridized carbons (Fsp3) is 0.381. The number of nitrogens with zero attached hydrogens (tertiary/aromatic N) is 2. The first-order valence-corrected chi connectivity index (χ1v) is 10.8. The molecule has 1 atom stereocenters. The van der Waals surface area contributed by atoms with Crippen molar-refractivity contribution in [2.24, 2.45) is 0 Å². The Balaban J connectivity index is 1.91. The Bertz CT molecular complexity index is 1020. The summed E-state index contributed by atoms with van der Waals surface area (Å²) in [6.07, 6.45) is 0. The molecule has 1 amide bonds. The van der Waals surface area contributed by atoms with E-state index in [-0.39, 0.29) is 29.6 Å². The average molecular weight is 419 g/mol. The molecular formula is C21H26N2O5S. The van der Waals surface area contributed by atoms with Gasteiger partial charge in [0, 0.05) is 18.8 Å². The quantitative estimate of drug-likeness (QED) is 0.746. The summed E-state index contributed by atoms with van der Waals surface area (Å²) in [6.45, 7) is 5.82. The van der Waals surface area contributed by atoms with E-state index in [0.29, 0.717) is 11.4 Å². The molecule has 3 rings (SSSR count). The van der Waals surface area contributed by atoms with Crippen LogP contribution in [0.15, 0.2) is 41.3 Å². The smallest absolute Gasteiger partial charge is 0.247 e. The highest BCUT2D eigenvalue weighted by Crippen LogP contribution is 2.32. The number of ether oxygens (including phenoxy) is 2. The van der Waals surface area contributed by atoms with Gasteiger partial charge in [-0.2, -0.15) is 4.31 Å². The van der Waals surface area contributed by atoms with Gasteiger partial charge < -0.3 is 14.4 Å². The molecule has 156 valence electrons. The van der Waals surface area contributed by atoms with E-state index in [1.165, 1.54) is 11.4 Å². The van der Waals surface area contributed by atoms with E-state index in [1.807, 2.05) is 13.8 Å². The van der Waals surface area contributed by atoms with Crippen molar-refractivity contribution in [3.05, 3.63) is 47.5 Å². The third-order valence-electron chi connectivity index (χ3n) is 5.35. The molecule has 1 saturated heterocycles. The van der Waals surface area contributed by atoms with Crippen LogP contribution in [0.2, 0.25) is 0 Å². The van der Waals surface area contributed by atoms with Gasteiger partial charge in [0.1, 0.15) is 22.4 Å². The zero-order chi connectivity index (χ0) is 21.3. The van der Waals surface area contributed by atoms with Gasteiger partial charge in [0.25, 0.3) is 0 Å². The van der Waals surface area contributed by atoms with Crippen LogP contribution in [0.25, 0.3) is 0 Å². The molecule has 0 spiro atoms. The van der Waals surface area contributed by atoms with Gasteiger partial charge in [0.05, 0.1) is 14.2 Å². The van der Waals surface area contributed by atoms with Gasteiger partial charge in [0.15, 0.2) is 0 Å². The summed E-state index contributed by atoms with van der Waals surface area (Å²) in [5, 5.41) is 0. The van der Waals surface area contributed by atoms with E-state index >= 15 is 0 Å². The second-order valence-corrected chi connectivity index (χ2v) is 8.93. The SMILES string of the molecule is COc1ccc(N2CCN(S(=O)(=O)c3cc(C)c(C)cc3OC)C(C)C2=O)cc1. The summed E-state index contributed by atoms with van der Waals surface area (Å²) in [4.78, 5) is 14.7. The number of rotatable bonds is 5. The van der Waals surface area contributed by atoms with Crippen molar-refractivity contribution in [3.8, 4) is 11.5 Å². The number of hydrogen-bond donors (Lipinski definition) is 0. The third-order valence-corrected chi connectivity index (χ3v) is 7.34. The molecule has 1 aliphatic heterocycles. The monoisotopic (exact) mass is 418 g/mol. The van der Waals surface area contributed by atoms with Gasteiger partial charge >= 0.3 is 0 Å². The first-order valence-electron chi connectivity index (χ1n) is 9.33. The van der Waals surface area contributed by atoms with Crippen molar-refractivity contribution in [3.63, 3.8) is 0 Å². The second kappa shape index (κ2) is 8.04. The Labute approximate surface area is 171 Å². The van der Waals surface area contributed by atoms with Crippen LogP contribution in [0.4, 0.5) is 5.69 Å². The molecule has 0 radical (unpaired) electrons. The highest BCUT2D eigenvalue weighted by molar-refractivity contribution is 7.89. The maximum absolute atomic E-state index is 13.4. The number of amides is 1. The first kappa shape index (κ1) is 21.1. The van der Waals surface area contributed by atoms with Gasteiger partial charge in [-0.15, -0.1) is 0 Å². The fourth-order valence-corrected chi connectivity index (χ4v) is 5.25. The standard InChI is InChI=1S/C21H26N2O5S/c1-14-12-19(28-5)20(13-15(14)2)29(25,26)23-11-10-22(21(24)16(23)3)17-6-8-18(27-4)9-7-17/h6-9,12-13,16H,10-11H2,1-5H3. The number of carbonyl (C=O) groups is 1. The molecule has 1 unspecified atom stereocenters. The zero-order valence-electron chi connectivity index (χ0n) is 17.3.